The molecule has 2 aromatic rings. The molecule has 0 aliphatic carbocycles. The molecular formula is C17H19NO3S. The van der Waals surface area contributed by atoms with Crippen molar-refractivity contribution in [2.45, 2.75) is 25.7 Å². The van der Waals surface area contributed by atoms with Crippen LogP contribution in [0.15, 0.2) is 41.1 Å². The Hall–Kier alpha value is -2.14. The lowest BCUT2D eigenvalue weighted by molar-refractivity contribution is -0.143. The Labute approximate surface area is 133 Å². The van der Waals surface area contributed by atoms with Crippen molar-refractivity contribution in [1.82, 2.24) is 5.32 Å². The Kier molecular flexibility index (Phi) is 4.98. The third kappa shape index (κ3) is 3.04. The number of carboxylic acid groups (broad SMARTS) is 1. The smallest absolute Gasteiger partial charge is 0.315 e. The Morgan fingerprint density at radius 1 is 1.23 bits per heavy atom. The van der Waals surface area contributed by atoms with Gasteiger partial charge in [0, 0.05) is 11.9 Å². The first-order chi connectivity index (χ1) is 10.5. The summed E-state index contributed by atoms with van der Waals surface area (Å²) in [5.74, 6) is -1.16. The number of amides is 1. The molecule has 5 heteroatoms. The summed E-state index contributed by atoms with van der Waals surface area (Å²) in [6.45, 7) is 3.76. The predicted molar refractivity (Wildman–Crippen MR) is 87.4 cm³/mol. The van der Waals surface area contributed by atoms with E-state index in [-0.39, 0.29) is 12.5 Å². The monoisotopic (exact) mass is 317 g/mol. The molecule has 4 nitrogen and oxygen atoms in total. The molecule has 0 spiro atoms. The molecule has 0 saturated carbocycles. The molecule has 0 aliphatic rings. The van der Waals surface area contributed by atoms with Gasteiger partial charge in [-0.25, -0.2) is 0 Å². The van der Waals surface area contributed by atoms with E-state index in [9.17, 15) is 14.7 Å². The maximum Gasteiger partial charge on any atom is 0.315 e. The largest absolute Gasteiger partial charge is 0.481 e. The standard InChI is InChI=1S/C17H19NO3S/c1-3-17(16(20)21,13-7-5-4-6-8-13)11-18-15(19)14-10-22-9-12(14)2/h4-10H,3,11H2,1-2H3,(H,18,19)(H,20,21). The van der Waals surface area contributed by atoms with E-state index in [0.717, 1.165) is 5.56 Å². The van der Waals surface area contributed by atoms with Crippen molar-refractivity contribution in [3.63, 3.8) is 0 Å². The summed E-state index contributed by atoms with van der Waals surface area (Å²) in [6, 6.07) is 9.05. The van der Waals surface area contributed by atoms with Crippen LogP contribution in [0.25, 0.3) is 0 Å². The summed E-state index contributed by atoms with van der Waals surface area (Å²) in [6.07, 6.45) is 0.398. The topological polar surface area (TPSA) is 66.4 Å². The Bertz CT molecular complexity index is 666. The van der Waals surface area contributed by atoms with Gasteiger partial charge in [0.15, 0.2) is 0 Å². The fraction of sp³-hybridized carbons (Fsp3) is 0.294. The molecule has 0 bridgehead atoms. The van der Waals surface area contributed by atoms with Crippen molar-refractivity contribution in [1.29, 1.82) is 0 Å². The van der Waals surface area contributed by atoms with E-state index in [2.05, 4.69) is 5.32 Å². The summed E-state index contributed by atoms with van der Waals surface area (Å²) in [5, 5.41) is 16.2. The lowest BCUT2D eigenvalue weighted by Crippen LogP contribution is -2.46. The van der Waals surface area contributed by atoms with Crippen LogP contribution in [0.5, 0.6) is 0 Å². The van der Waals surface area contributed by atoms with Crippen molar-refractivity contribution in [3.05, 3.63) is 57.8 Å². The normalized spacial score (nSPS) is 13.4. The predicted octanol–water partition coefficient (Wildman–Crippen LogP) is 3.22. The average molecular weight is 317 g/mol. The van der Waals surface area contributed by atoms with Gasteiger partial charge in [-0.15, -0.1) is 0 Å². The van der Waals surface area contributed by atoms with Crippen LogP contribution in [0.2, 0.25) is 0 Å². The van der Waals surface area contributed by atoms with Gasteiger partial charge in [0.2, 0.25) is 0 Å². The maximum atomic E-state index is 12.2. The van der Waals surface area contributed by atoms with Gasteiger partial charge in [0.1, 0.15) is 5.41 Å². The highest BCUT2D eigenvalue weighted by molar-refractivity contribution is 7.08. The number of hydrogen-bond donors (Lipinski definition) is 2. The third-order valence-corrected chi connectivity index (χ3v) is 4.85. The summed E-state index contributed by atoms with van der Waals surface area (Å²) >= 11 is 1.46. The second-order valence-corrected chi connectivity index (χ2v) is 6.00. The van der Waals surface area contributed by atoms with E-state index < -0.39 is 11.4 Å². The van der Waals surface area contributed by atoms with Crippen molar-refractivity contribution in [3.8, 4) is 0 Å². The van der Waals surface area contributed by atoms with Gasteiger partial charge < -0.3 is 10.4 Å². The Morgan fingerprint density at radius 2 is 1.91 bits per heavy atom. The van der Waals surface area contributed by atoms with Gasteiger partial charge in [-0.3, -0.25) is 9.59 Å². The second kappa shape index (κ2) is 6.75. The quantitative estimate of drug-likeness (QED) is 0.859. The van der Waals surface area contributed by atoms with E-state index in [4.69, 9.17) is 0 Å². The minimum absolute atomic E-state index is 0.0664. The minimum atomic E-state index is -1.11. The molecule has 0 radical (unpaired) electrons. The number of carbonyl (C=O) groups is 2. The summed E-state index contributed by atoms with van der Waals surface area (Å²) in [5.41, 5.74) is 1.10. The van der Waals surface area contributed by atoms with Crippen LogP contribution in [0.1, 0.15) is 34.8 Å². The number of thiophene rings is 1. The molecule has 0 fully saturated rings. The van der Waals surface area contributed by atoms with Crippen LogP contribution in [0.3, 0.4) is 0 Å². The molecule has 2 rings (SSSR count). The Balaban J connectivity index is 2.23. The maximum absolute atomic E-state index is 12.2. The van der Waals surface area contributed by atoms with Gasteiger partial charge in [0.25, 0.3) is 5.91 Å². The van der Waals surface area contributed by atoms with Crippen LogP contribution >= 0.6 is 11.3 Å². The molecule has 2 N–H and O–H groups in total. The fourth-order valence-corrected chi connectivity index (χ4v) is 3.29. The van der Waals surface area contributed by atoms with Gasteiger partial charge in [-0.2, -0.15) is 11.3 Å². The molecule has 1 heterocycles. The molecule has 0 saturated heterocycles. The summed E-state index contributed by atoms with van der Waals surface area (Å²) in [7, 11) is 0. The zero-order valence-corrected chi connectivity index (χ0v) is 13.4. The molecular weight excluding hydrogens is 298 g/mol. The lowest BCUT2D eigenvalue weighted by Gasteiger charge is -2.29. The third-order valence-electron chi connectivity index (χ3n) is 3.99. The fourth-order valence-electron chi connectivity index (χ4n) is 2.46. The van der Waals surface area contributed by atoms with E-state index in [0.29, 0.717) is 17.5 Å². The van der Waals surface area contributed by atoms with Crippen LogP contribution in [-0.2, 0) is 10.2 Å². The Morgan fingerprint density at radius 3 is 2.41 bits per heavy atom. The zero-order valence-electron chi connectivity index (χ0n) is 12.6. The number of carbonyl (C=O) groups excluding carboxylic acids is 1. The SMILES string of the molecule is CCC(CNC(=O)c1cscc1C)(C(=O)O)c1ccccc1. The highest BCUT2D eigenvalue weighted by atomic mass is 32.1. The van der Waals surface area contributed by atoms with Crippen molar-refractivity contribution >= 4 is 23.2 Å². The van der Waals surface area contributed by atoms with Crippen LogP contribution in [0.4, 0.5) is 0 Å². The van der Waals surface area contributed by atoms with Gasteiger partial charge in [0.05, 0.1) is 5.56 Å². The first-order valence-electron chi connectivity index (χ1n) is 7.11. The van der Waals surface area contributed by atoms with Crippen molar-refractivity contribution < 1.29 is 14.7 Å². The average Bonchev–Trinajstić information content (AvgIpc) is 2.95. The molecule has 1 unspecified atom stereocenters. The van der Waals surface area contributed by atoms with E-state index in [1.54, 1.807) is 17.5 Å². The van der Waals surface area contributed by atoms with Crippen LogP contribution < -0.4 is 5.32 Å². The number of rotatable bonds is 6. The highest BCUT2D eigenvalue weighted by Crippen LogP contribution is 2.28. The lowest BCUT2D eigenvalue weighted by atomic mass is 9.78. The number of aliphatic carboxylic acids is 1. The first kappa shape index (κ1) is 16.2. The molecule has 1 amide bonds. The van der Waals surface area contributed by atoms with Gasteiger partial charge in [-0.05, 0) is 29.9 Å². The number of benzene rings is 1. The van der Waals surface area contributed by atoms with E-state index >= 15 is 0 Å². The minimum Gasteiger partial charge on any atom is -0.481 e. The molecule has 1 aromatic carbocycles. The molecule has 0 aliphatic heterocycles. The zero-order chi connectivity index (χ0) is 16.2. The van der Waals surface area contributed by atoms with Crippen molar-refractivity contribution in [2.75, 3.05) is 6.54 Å². The highest BCUT2D eigenvalue weighted by Gasteiger charge is 2.39. The van der Waals surface area contributed by atoms with Crippen LogP contribution in [0, 0.1) is 6.92 Å². The van der Waals surface area contributed by atoms with Gasteiger partial charge >= 0.3 is 5.97 Å². The molecule has 116 valence electrons. The van der Waals surface area contributed by atoms with Crippen LogP contribution in [-0.4, -0.2) is 23.5 Å². The van der Waals surface area contributed by atoms with E-state index in [1.165, 1.54) is 11.3 Å². The molecule has 22 heavy (non-hydrogen) atoms. The number of hydrogen-bond acceptors (Lipinski definition) is 3. The van der Waals surface area contributed by atoms with Gasteiger partial charge in [-0.1, -0.05) is 37.3 Å². The molecule has 1 atom stereocenters. The number of nitrogens with one attached hydrogen (secondary N) is 1. The summed E-state index contributed by atoms with van der Waals surface area (Å²) < 4.78 is 0. The van der Waals surface area contributed by atoms with E-state index in [1.807, 2.05) is 37.4 Å². The number of aryl methyl sites for hydroxylation is 1. The second-order valence-electron chi connectivity index (χ2n) is 5.26. The summed E-state index contributed by atoms with van der Waals surface area (Å²) in [4.78, 5) is 24.1. The van der Waals surface area contributed by atoms with Crippen molar-refractivity contribution in [2.24, 2.45) is 0 Å². The number of carboxylic acids is 1. The molecule has 1 aromatic heterocycles. The first-order valence-corrected chi connectivity index (χ1v) is 8.05.